The van der Waals surface area contributed by atoms with E-state index in [0.717, 1.165) is 44.4 Å². The predicted molar refractivity (Wildman–Crippen MR) is 126 cm³/mol. The number of guanidine groups is 1. The molecule has 2 aliphatic heterocycles. The van der Waals surface area contributed by atoms with Gasteiger partial charge in [0, 0.05) is 57.8 Å². The SMILES string of the molecule is CN=C(NCCN1CCCN(C)CC1)NCC1CC(=O)Nc2ccccc21.I. The van der Waals surface area contributed by atoms with Crippen molar-refractivity contribution in [2.75, 3.05) is 65.2 Å². The van der Waals surface area contributed by atoms with E-state index in [9.17, 15) is 4.79 Å². The molecule has 0 radical (unpaired) electrons. The largest absolute Gasteiger partial charge is 0.356 e. The number of para-hydroxylation sites is 1. The molecule has 1 unspecified atom stereocenters. The Hall–Kier alpha value is -1.39. The summed E-state index contributed by atoms with van der Waals surface area (Å²) in [4.78, 5) is 21.2. The van der Waals surface area contributed by atoms with Gasteiger partial charge in [-0.2, -0.15) is 0 Å². The van der Waals surface area contributed by atoms with Crippen LogP contribution in [-0.2, 0) is 4.79 Å². The predicted octanol–water partition coefficient (Wildman–Crippen LogP) is 1.53. The first kappa shape index (κ1) is 22.9. The molecule has 0 aromatic heterocycles. The molecule has 1 saturated heterocycles. The Morgan fingerprint density at radius 1 is 1.21 bits per heavy atom. The van der Waals surface area contributed by atoms with Gasteiger partial charge in [-0.3, -0.25) is 9.79 Å². The van der Waals surface area contributed by atoms with Crippen LogP contribution >= 0.6 is 24.0 Å². The number of carbonyl (C=O) groups is 1. The van der Waals surface area contributed by atoms with Gasteiger partial charge in [0.25, 0.3) is 0 Å². The lowest BCUT2D eigenvalue weighted by molar-refractivity contribution is -0.116. The molecule has 3 N–H and O–H groups in total. The fourth-order valence-corrected chi connectivity index (χ4v) is 3.78. The Morgan fingerprint density at radius 2 is 2.04 bits per heavy atom. The maximum absolute atomic E-state index is 12.0. The van der Waals surface area contributed by atoms with Crippen LogP contribution in [0.5, 0.6) is 0 Å². The minimum absolute atomic E-state index is 0. The van der Waals surface area contributed by atoms with Crippen molar-refractivity contribution in [3.8, 4) is 0 Å². The van der Waals surface area contributed by atoms with Gasteiger partial charge in [0.05, 0.1) is 0 Å². The van der Waals surface area contributed by atoms with E-state index in [1.807, 2.05) is 18.2 Å². The molecule has 0 saturated carbocycles. The fraction of sp³-hybridized carbons (Fsp3) is 0.600. The summed E-state index contributed by atoms with van der Waals surface area (Å²) in [5.74, 6) is 1.04. The van der Waals surface area contributed by atoms with Gasteiger partial charge in [0.1, 0.15) is 0 Å². The summed E-state index contributed by atoms with van der Waals surface area (Å²) in [5, 5.41) is 9.74. The van der Waals surface area contributed by atoms with Gasteiger partial charge in [-0.15, -0.1) is 24.0 Å². The zero-order chi connectivity index (χ0) is 19.1. The number of carbonyl (C=O) groups excluding carboxylic acids is 1. The minimum atomic E-state index is 0. The number of hydrogen-bond acceptors (Lipinski definition) is 4. The number of fused-ring (bicyclic) bond motifs is 1. The zero-order valence-corrected chi connectivity index (χ0v) is 19.2. The van der Waals surface area contributed by atoms with Crippen molar-refractivity contribution < 1.29 is 4.79 Å². The van der Waals surface area contributed by atoms with E-state index in [0.29, 0.717) is 13.0 Å². The van der Waals surface area contributed by atoms with E-state index >= 15 is 0 Å². The highest BCUT2D eigenvalue weighted by Gasteiger charge is 2.24. The molecule has 3 rings (SSSR count). The number of amides is 1. The molecule has 1 atom stereocenters. The first-order valence-electron chi connectivity index (χ1n) is 9.90. The molecule has 0 bridgehead atoms. The number of hydrogen-bond donors (Lipinski definition) is 3. The average Bonchev–Trinajstić information content (AvgIpc) is 2.88. The molecular weight excluding hydrogens is 467 g/mol. The normalized spacial score (nSPS) is 21.1. The molecule has 1 fully saturated rings. The smallest absolute Gasteiger partial charge is 0.225 e. The van der Waals surface area contributed by atoms with Crippen molar-refractivity contribution in [2.24, 2.45) is 4.99 Å². The van der Waals surface area contributed by atoms with Crippen LogP contribution in [0.15, 0.2) is 29.3 Å². The summed E-state index contributed by atoms with van der Waals surface area (Å²) in [6, 6.07) is 8.03. The summed E-state index contributed by atoms with van der Waals surface area (Å²) >= 11 is 0. The Kier molecular flexibility index (Phi) is 9.46. The van der Waals surface area contributed by atoms with Gasteiger partial charge in [-0.25, -0.2) is 0 Å². The number of anilines is 1. The number of benzene rings is 1. The van der Waals surface area contributed by atoms with Crippen molar-refractivity contribution in [1.82, 2.24) is 20.4 Å². The number of likely N-dealkylation sites (N-methyl/N-ethyl adjacent to an activating group) is 1. The minimum Gasteiger partial charge on any atom is -0.356 e. The first-order chi connectivity index (χ1) is 13.2. The number of aliphatic imine (C=N–C) groups is 1. The van der Waals surface area contributed by atoms with E-state index in [1.165, 1.54) is 18.5 Å². The van der Waals surface area contributed by atoms with Gasteiger partial charge in [0.15, 0.2) is 5.96 Å². The second-order valence-electron chi connectivity index (χ2n) is 7.41. The maximum atomic E-state index is 12.0. The molecule has 1 aromatic rings. The van der Waals surface area contributed by atoms with Gasteiger partial charge < -0.3 is 25.8 Å². The molecule has 1 aromatic carbocycles. The first-order valence-corrected chi connectivity index (χ1v) is 9.90. The van der Waals surface area contributed by atoms with Gasteiger partial charge >= 0.3 is 0 Å². The summed E-state index contributed by atoms with van der Waals surface area (Å²) in [5.41, 5.74) is 2.11. The van der Waals surface area contributed by atoms with Crippen LogP contribution < -0.4 is 16.0 Å². The molecule has 156 valence electrons. The van der Waals surface area contributed by atoms with E-state index in [1.54, 1.807) is 7.05 Å². The molecule has 8 heteroatoms. The van der Waals surface area contributed by atoms with E-state index in [-0.39, 0.29) is 35.8 Å². The Labute approximate surface area is 185 Å². The van der Waals surface area contributed by atoms with Crippen molar-refractivity contribution in [3.63, 3.8) is 0 Å². The third-order valence-corrected chi connectivity index (χ3v) is 5.38. The number of nitrogens with one attached hydrogen (secondary N) is 3. The van der Waals surface area contributed by atoms with Crippen LogP contribution in [0.25, 0.3) is 0 Å². The summed E-state index contributed by atoms with van der Waals surface area (Å²) < 4.78 is 0. The van der Waals surface area contributed by atoms with Crippen LogP contribution in [0.3, 0.4) is 0 Å². The Balaban J connectivity index is 0.00000280. The summed E-state index contributed by atoms with van der Waals surface area (Å²) in [6.45, 7) is 7.18. The van der Waals surface area contributed by atoms with Crippen molar-refractivity contribution in [2.45, 2.75) is 18.8 Å². The van der Waals surface area contributed by atoms with Gasteiger partial charge in [-0.05, 0) is 38.2 Å². The third kappa shape index (κ3) is 6.59. The molecule has 2 heterocycles. The van der Waals surface area contributed by atoms with Crippen LogP contribution in [-0.4, -0.2) is 81.6 Å². The quantitative estimate of drug-likeness (QED) is 0.325. The number of rotatable bonds is 5. The molecule has 28 heavy (non-hydrogen) atoms. The standard InChI is InChI=1S/C20H32N6O.HI/c1-21-20(22-8-11-26-10-5-9-25(2)12-13-26)23-15-16-14-19(27)24-18-7-4-3-6-17(16)18;/h3-4,6-7,16H,5,8-15H2,1-2H3,(H,24,27)(H2,21,22,23);1H. The monoisotopic (exact) mass is 500 g/mol. The number of halogens is 1. The topological polar surface area (TPSA) is 72.0 Å². The molecule has 1 amide bonds. The summed E-state index contributed by atoms with van der Waals surface area (Å²) in [7, 11) is 3.98. The lowest BCUT2D eigenvalue weighted by atomic mass is 9.90. The Bertz CT molecular complexity index is 668. The molecule has 7 nitrogen and oxygen atoms in total. The summed E-state index contributed by atoms with van der Waals surface area (Å²) in [6.07, 6.45) is 1.73. The van der Waals surface area contributed by atoms with Crippen molar-refractivity contribution in [1.29, 1.82) is 0 Å². The Morgan fingerprint density at radius 3 is 2.86 bits per heavy atom. The van der Waals surface area contributed by atoms with E-state index < -0.39 is 0 Å². The molecule has 0 aliphatic carbocycles. The van der Waals surface area contributed by atoms with Crippen LogP contribution in [0.1, 0.15) is 24.3 Å². The average molecular weight is 500 g/mol. The van der Waals surface area contributed by atoms with Gasteiger partial charge in [-0.1, -0.05) is 18.2 Å². The van der Waals surface area contributed by atoms with Crippen LogP contribution in [0, 0.1) is 0 Å². The van der Waals surface area contributed by atoms with Crippen molar-refractivity contribution in [3.05, 3.63) is 29.8 Å². The highest BCUT2D eigenvalue weighted by atomic mass is 127. The molecular formula is C20H33IN6O. The van der Waals surface area contributed by atoms with E-state index in [2.05, 4.69) is 43.9 Å². The van der Waals surface area contributed by atoms with Gasteiger partial charge in [0.2, 0.25) is 5.91 Å². The number of nitrogens with zero attached hydrogens (tertiary/aromatic N) is 3. The van der Waals surface area contributed by atoms with Crippen LogP contribution in [0.4, 0.5) is 5.69 Å². The maximum Gasteiger partial charge on any atom is 0.225 e. The fourth-order valence-electron chi connectivity index (χ4n) is 3.78. The second-order valence-corrected chi connectivity index (χ2v) is 7.41. The third-order valence-electron chi connectivity index (χ3n) is 5.38. The molecule has 2 aliphatic rings. The van der Waals surface area contributed by atoms with E-state index in [4.69, 9.17) is 0 Å². The lowest BCUT2D eigenvalue weighted by Crippen LogP contribution is -2.44. The van der Waals surface area contributed by atoms with Crippen molar-refractivity contribution >= 4 is 41.5 Å². The van der Waals surface area contributed by atoms with Crippen LogP contribution in [0.2, 0.25) is 0 Å². The highest BCUT2D eigenvalue weighted by Crippen LogP contribution is 2.31. The second kappa shape index (κ2) is 11.6. The highest BCUT2D eigenvalue weighted by molar-refractivity contribution is 14.0. The zero-order valence-electron chi connectivity index (χ0n) is 16.9. The molecule has 0 spiro atoms. The lowest BCUT2D eigenvalue weighted by Gasteiger charge is -2.26.